The molecule has 0 saturated heterocycles. The Morgan fingerprint density at radius 1 is 0.842 bits per heavy atom. The molecule has 0 aromatic carbocycles. The van der Waals surface area contributed by atoms with Crippen LogP contribution in [0, 0.1) is 6.92 Å². The van der Waals surface area contributed by atoms with Crippen LogP contribution in [-0.2, 0) is 9.59 Å². The predicted molar refractivity (Wildman–Crippen MR) is 78.8 cm³/mol. The average Bonchev–Trinajstić information content (AvgIpc) is 2.38. The Labute approximate surface area is 117 Å². The summed E-state index contributed by atoms with van der Waals surface area (Å²) in [5.41, 5.74) is 1.24. The molecule has 2 heteroatoms. The van der Waals surface area contributed by atoms with Gasteiger partial charge in [-0.1, -0.05) is 51.9 Å². The number of carbonyl (C=O) groups excluding carboxylic acids is 2. The highest BCUT2D eigenvalue weighted by Gasteiger charge is 2.16. The smallest absolute Gasteiger partial charge is 0.182 e. The Kier molecular flexibility index (Phi) is 7.39. The van der Waals surface area contributed by atoms with Crippen LogP contribution in [0.25, 0.3) is 0 Å². The predicted octanol–water partition coefficient (Wildman–Crippen LogP) is 4.36. The highest BCUT2D eigenvalue weighted by atomic mass is 16.1. The monoisotopic (exact) mass is 261 g/mol. The van der Waals surface area contributed by atoms with Crippen LogP contribution in [0.15, 0.2) is 23.3 Å². The molecule has 1 aliphatic carbocycles. The fourth-order valence-electron chi connectivity index (χ4n) is 2.28. The number of unbranched alkanes of at least 4 members (excludes halogenated alkanes) is 7. The van der Waals surface area contributed by atoms with Gasteiger partial charge in [-0.2, -0.15) is 0 Å². The van der Waals surface area contributed by atoms with E-state index in [1.165, 1.54) is 44.3 Å². The van der Waals surface area contributed by atoms with Crippen LogP contribution < -0.4 is 0 Å². The van der Waals surface area contributed by atoms with E-state index in [-0.39, 0.29) is 11.6 Å². The molecule has 0 N–H and O–H groups in total. The molecule has 0 aromatic rings. The zero-order valence-corrected chi connectivity index (χ0v) is 12.0. The molecule has 1 aliphatic rings. The second kappa shape index (κ2) is 8.84. The van der Waals surface area contributed by atoms with Gasteiger partial charge < -0.3 is 0 Å². The van der Waals surface area contributed by atoms with Gasteiger partial charge in [-0.05, 0) is 31.9 Å². The van der Waals surface area contributed by atoms with Gasteiger partial charge in [-0.3, -0.25) is 9.59 Å². The summed E-state index contributed by atoms with van der Waals surface area (Å²) in [4.78, 5) is 23.2. The van der Waals surface area contributed by atoms with Gasteiger partial charge in [0.1, 0.15) is 0 Å². The maximum absolute atomic E-state index is 11.7. The minimum atomic E-state index is -0.0113. The quantitative estimate of drug-likeness (QED) is 0.456. The molecule has 1 rings (SSSR count). The Bertz CT molecular complexity index is 375. The zero-order chi connectivity index (χ0) is 14.1. The summed E-state index contributed by atoms with van der Waals surface area (Å²) in [5.74, 6) is 0.00956. The molecular weight excluding hydrogens is 236 g/mol. The molecule has 0 spiro atoms. The van der Waals surface area contributed by atoms with E-state index in [1.807, 2.05) is 0 Å². The van der Waals surface area contributed by atoms with Crippen molar-refractivity contribution in [2.45, 2.75) is 64.7 Å². The van der Waals surface area contributed by atoms with Crippen molar-refractivity contribution >= 4 is 11.6 Å². The zero-order valence-electron chi connectivity index (χ0n) is 12.0. The van der Waals surface area contributed by atoms with Crippen LogP contribution in [0.2, 0.25) is 0 Å². The molecule has 2 nitrogen and oxygen atoms in total. The summed E-state index contributed by atoms with van der Waals surface area (Å²) in [7, 11) is 0. The standard InChI is InChI=1S/C17H25O2/c1-3-4-5-6-7-8-9-10-11-15-13-16(18)14(2)12-17(15)19/h12-13H,1,3-11H2,2H3. The van der Waals surface area contributed by atoms with Gasteiger partial charge in [0, 0.05) is 11.1 Å². The number of allylic oxidation sites excluding steroid dienone is 4. The number of ketones is 2. The summed E-state index contributed by atoms with van der Waals surface area (Å²) < 4.78 is 0. The first-order valence-corrected chi connectivity index (χ1v) is 7.42. The van der Waals surface area contributed by atoms with E-state index >= 15 is 0 Å². The first kappa shape index (κ1) is 15.9. The average molecular weight is 261 g/mol. The molecule has 0 saturated carbocycles. The molecule has 0 bridgehead atoms. The first-order chi connectivity index (χ1) is 9.15. The minimum Gasteiger partial charge on any atom is -0.290 e. The van der Waals surface area contributed by atoms with Crippen molar-refractivity contribution in [3.05, 3.63) is 30.2 Å². The Hall–Kier alpha value is -1.18. The van der Waals surface area contributed by atoms with Gasteiger partial charge in [0.15, 0.2) is 11.6 Å². The molecule has 0 atom stereocenters. The minimum absolute atomic E-state index is 0.0113. The second-order valence-corrected chi connectivity index (χ2v) is 5.30. The van der Waals surface area contributed by atoms with Crippen LogP contribution in [-0.4, -0.2) is 11.6 Å². The van der Waals surface area contributed by atoms with E-state index in [0.717, 1.165) is 25.7 Å². The van der Waals surface area contributed by atoms with Gasteiger partial charge >= 0.3 is 0 Å². The number of hydrogen-bond acceptors (Lipinski definition) is 2. The van der Waals surface area contributed by atoms with Crippen molar-refractivity contribution in [3.8, 4) is 0 Å². The van der Waals surface area contributed by atoms with E-state index < -0.39 is 0 Å². The number of hydrogen-bond donors (Lipinski definition) is 0. The van der Waals surface area contributed by atoms with Crippen molar-refractivity contribution in [2.24, 2.45) is 0 Å². The third-order valence-corrected chi connectivity index (χ3v) is 3.55. The van der Waals surface area contributed by atoms with Gasteiger partial charge in [0.25, 0.3) is 0 Å². The lowest BCUT2D eigenvalue weighted by molar-refractivity contribution is -0.115. The first-order valence-electron chi connectivity index (χ1n) is 7.42. The normalized spacial score (nSPS) is 15.5. The summed E-state index contributed by atoms with van der Waals surface area (Å²) in [6.07, 6.45) is 13.2. The molecule has 0 fully saturated rings. The lowest BCUT2D eigenvalue weighted by Crippen LogP contribution is -2.11. The fraction of sp³-hybridized carbons (Fsp3) is 0.588. The summed E-state index contributed by atoms with van der Waals surface area (Å²) in [6, 6.07) is 0. The molecule has 0 heterocycles. The highest BCUT2D eigenvalue weighted by molar-refractivity contribution is 6.19. The van der Waals surface area contributed by atoms with E-state index in [4.69, 9.17) is 0 Å². The maximum atomic E-state index is 11.7. The van der Waals surface area contributed by atoms with E-state index in [0.29, 0.717) is 11.1 Å². The summed E-state index contributed by atoms with van der Waals surface area (Å²) in [6.45, 7) is 5.53. The van der Waals surface area contributed by atoms with E-state index in [1.54, 1.807) is 6.92 Å². The third-order valence-electron chi connectivity index (χ3n) is 3.55. The SMILES string of the molecule is [CH2]CCCCCCCCCC1=CC(=O)C(C)=CC1=O. The van der Waals surface area contributed by atoms with Crippen molar-refractivity contribution < 1.29 is 9.59 Å². The van der Waals surface area contributed by atoms with E-state index in [9.17, 15) is 9.59 Å². The topological polar surface area (TPSA) is 34.1 Å². The molecular formula is C17H25O2. The lowest BCUT2D eigenvalue weighted by atomic mass is 9.94. The molecule has 0 aromatic heterocycles. The molecule has 0 aliphatic heterocycles. The van der Waals surface area contributed by atoms with E-state index in [2.05, 4.69) is 6.92 Å². The Balaban J connectivity index is 2.12. The van der Waals surface area contributed by atoms with Gasteiger partial charge in [0.2, 0.25) is 0 Å². The molecule has 19 heavy (non-hydrogen) atoms. The summed E-state index contributed by atoms with van der Waals surface area (Å²) >= 11 is 0. The van der Waals surface area contributed by atoms with Crippen LogP contribution in [0.4, 0.5) is 0 Å². The van der Waals surface area contributed by atoms with Gasteiger partial charge in [0.05, 0.1) is 0 Å². The Morgan fingerprint density at radius 2 is 1.42 bits per heavy atom. The van der Waals surface area contributed by atoms with Crippen LogP contribution in [0.1, 0.15) is 64.7 Å². The fourth-order valence-corrected chi connectivity index (χ4v) is 2.28. The van der Waals surface area contributed by atoms with Crippen LogP contribution >= 0.6 is 0 Å². The number of carbonyl (C=O) groups is 2. The summed E-state index contributed by atoms with van der Waals surface area (Å²) in [5, 5.41) is 0. The van der Waals surface area contributed by atoms with Crippen molar-refractivity contribution in [1.82, 2.24) is 0 Å². The third kappa shape index (κ3) is 6.00. The molecule has 1 radical (unpaired) electrons. The molecule has 0 amide bonds. The number of rotatable bonds is 9. The van der Waals surface area contributed by atoms with Gasteiger partial charge in [-0.25, -0.2) is 0 Å². The van der Waals surface area contributed by atoms with Crippen LogP contribution in [0.5, 0.6) is 0 Å². The molecule has 0 unspecified atom stereocenters. The largest absolute Gasteiger partial charge is 0.290 e. The van der Waals surface area contributed by atoms with Crippen molar-refractivity contribution in [3.63, 3.8) is 0 Å². The maximum Gasteiger partial charge on any atom is 0.182 e. The van der Waals surface area contributed by atoms with Gasteiger partial charge in [-0.15, -0.1) is 0 Å². The van der Waals surface area contributed by atoms with Crippen molar-refractivity contribution in [2.75, 3.05) is 0 Å². The molecule has 105 valence electrons. The lowest BCUT2D eigenvalue weighted by Gasteiger charge is -2.09. The highest BCUT2D eigenvalue weighted by Crippen LogP contribution is 2.18. The Morgan fingerprint density at radius 3 is 2.05 bits per heavy atom. The van der Waals surface area contributed by atoms with Crippen LogP contribution in [0.3, 0.4) is 0 Å². The second-order valence-electron chi connectivity index (χ2n) is 5.30. The van der Waals surface area contributed by atoms with Crippen molar-refractivity contribution in [1.29, 1.82) is 0 Å².